The van der Waals surface area contributed by atoms with E-state index in [0.717, 1.165) is 12.2 Å². The molecule has 6 nitrogen and oxygen atoms in total. The van der Waals surface area contributed by atoms with Gasteiger partial charge in [-0.2, -0.15) is 0 Å². The molecule has 0 aromatic heterocycles. The first kappa shape index (κ1) is 15.4. The molecule has 6 heteroatoms. The first-order valence-corrected chi connectivity index (χ1v) is 5.91. The third kappa shape index (κ3) is 4.93. The van der Waals surface area contributed by atoms with Crippen LogP contribution in [0.3, 0.4) is 0 Å². The molecule has 0 saturated heterocycles. The van der Waals surface area contributed by atoms with Crippen LogP contribution in [0.25, 0.3) is 0 Å². The number of carbonyl (C=O) groups is 3. The zero-order valence-corrected chi connectivity index (χ0v) is 11.2. The van der Waals surface area contributed by atoms with Crippen molar-refractivity contribution in [1.29, 1.82) is 0 Å². The van der Waals surface area contributed by atoms with E-state index in [1.807, 2.05) is 0 Å². The molecule has 0 radical (unpaired) electrons. The molecule has 1 N–H and O–H groups in total. The number of methoxy groups -OCH3 is 1. The lowest BCUT2D eigenvalue weighted by molar-refractivity contribution is -0.137. The minimum Gasteiger partial charge on any atom is -0.497 e. The predicted molar refractivity (Wildman–Crippen MR) is 71.2 cm³/mol. The van der Waals surface area contributed by atoms with E-state index in [1.165, 1.54) is 19.2 Å². The van der Waals surface area contributed by atoms with Crippen LogP contribution in [0, 0.1) is 0 Å². The first-order valence-electron chi connectivity index (χ1n) is 5.91. The SMILES string of the molecule is CCOC(=O)/C=C/C(=O)NC(=O)c1ccc(OC)cc1. The lowest BCUT2D eigenvalue weighted by atomic mass is 10.2. The maximum Gasteiger partial charge on any atom is 0.330 e. The Morgan fingerprint density at radius 2 is 1.80 bits per heavy atom. The van der Waals surface area contributed by atoms with Gasteiger partial charge in [0.1, 0.15) is 5.75 Å². The summed E-state index contributed by atoms with van der Waals surface area (Å²) in [5.74, 6) is -1.29. The van der Waals surface area contributed by atoms with E-state index in [1.54, 1.807) is 19.1 Å². The van der Waals surface area contributed by atoms with Crippen molar-refractivity contribution in [2.45, 2.75) is 6.92 Å². The summed E-state index contributed by atoms with van der Waals surface area (Å²) in [6.45, 7) is 1.87. The predicted octanol–water partition coefficient (Wildman–Crippen LogP) is 1.07. The maximum atomic E-state index is 11.7. The van der Waals surface area contributed by atoms with E-state index in [-0.39, 0.29) is 6.61 Å². The maximum absolute atomic E-state index is 11.7. The average molecular weight is 277 g/mol. The number of benzene rings is 1. The van der Waals surface area contributed by atoms with Crippen molar-refractivity contribution < 1.29 is 23.9 Å². The Kier molecular flexibility index (Phi) is 5.96. The third-order valence-electron chi connectivity index (χ3n) is 2.25. The first-order chi connectivity index (χ1) is 9.56. The van der Waals surface area contributed by atoms with E-state index in [9.17, 15) is 14.4 Å². The molecule has 106 valence electrons. The minimum absolute atomic E-state index is 0.218. The summed E-state index contributed by atoms with van der Waals surface area (Å²) in [6.07, 6.45) is 1.90. The fourth-order valence-corrected chi connectivity index (χ4v) is 1.30. The van der Waals surface area contributed by atoms with Crippen molar-refractivity contribution in [3.05, 3.63) is 42.0 Å². The molecule has 0 aliphatic carbocycles. The van der Waals surface area contributed by atoms with Gasteiger partial charge >= 0.3 is 5.97 Å². The lowest BCUT2D eigenvalue weighted by Crippen LogP contribution is -2.28. The molecule has 0 unspecified atom stereocenters. The van der Waals surface area contributed by atoms with Gasteiger partial charge in [-0.1, -0.05) is 0 Å². The molecular formula is C14H15NO5. The van der Waals surface area contributed by atoms with Crippen molar-refractivity contribution >= 4 is 17.8 Å². The van der Waals surface area contributed by atoms with Gasteiger partial charge < -0.3 is 9.47 Å². The highest BCUT2D eigenvalue weighted by Gasteiger charge is 2.08. The van der Waals surface area contributed by atoms with E-state index in [0.29, 0.717) is 11.3 Å². The van der Waals surface area contributed by atoms with Crippen LogP contribution in [0.5, 0.6) is 5.75 Å². The molecule has 1 rings (SSSR count). The van der Waals surface area contributed by atoms with Gasteiger partial charge in [0.15, 0.2) is 0 Å². The van der Waals surface area contributed by atoms with Crippen LogP contribution in [0.1, 0.15) is 17.3 Å². The molecule has 0 bridgehead atoms. The van der Waals surface area contributed by atoms with Crippen LogP contribution in [-0.4, -0.2) is 31.5 Å². The summed E-state index contributed by atoms with van der Waals surface area (Å²) in [5, 5.41) is 2.12. The van der Waals surface area contributed by atoms with Crippen LogP contribution < -0.4 is 10.1 Å². The zero-order chi connectivity index (χ0) is 15.0. The second kappa shape index (κ2) is 7.73. The largest absolute Gasteiger partial charge is 0.497 e. The molecule has 0 heterocycles. The molecule has 20 heavy (non-hydrogen) atoms. The van der Waals surface area contributed by atoms with Crippen molar-refractivity contribution in [3.8, 4) is 5.75 Å². The van der Waals surface area contributed by atoms with E-state index in [4.69, 9.17) is 4.74 Å². The van der Waals surface area contributed by atoms with E-state index in [2.05, 4.69) is 10.1 Å². The van der Waals surface area contributed by atoms with Gasteiger partial charge in [-0.05, 0) is 31.2 Å². The molecule has 1 aromatic rings. The number of rotatable bonds is 5. The Bertz CT molecular complexity index is 519. The van der Waals surface area contributed by atoms with E-state index < -0.39 is 17.8 Å². The van der Waals surface area contributed by atoms with Crippen LogP contribution in [0.2, 0.25) is 0 Å². The highest BCUT2D eigenvalue weighted by molar-refractivity contribution is 6.09. The number of amides is 2. The average Bonchev–Trinajstić information content (AvgIpc) is 2.45. The van der Waals surface area contributed by atoms with Crippen LogP contribution >= 0.6 is 0 Å². The molecule has 0 aliphatic rings. The molecule has 0 atom stereocenters. The third-order valence-corrected chi connectivity index (χ3v) is 2.25. The summed E-state index contributed by atoms with van der Waals surface area (Å²) < 4.78 is 9.56. The number of carbonyl (C=O) groups excluding carboxylic acids is 3. The molecule has 0 fully saturated rings. The van der Waals surface area contributed by atoms with Gasteiger partial charge in [0.2, 0.25) is 0 Å². The smallest absolute Gasteiger partial charge is 0.330 e. The van der Waals surface area contributed by atoms with Crippen molar-refractivity contribution in [1.82, 2.24) is 5.32 Å². The van der Waals surface area contributed by atoms with Crippen molar-refractivity contribution in [3.63, 3.8) is 0 Å². The van der Waals surface area contributed by atoms with Crippen LogP contribution in [-0.2, 0) is 14.3 Å². The number of ether oxygens (including phenoxy) is 2. The molecular weight excluding hydrogens is 262 g/mol. The number of nitrogens with one attached hydrogen (secondary N) is 1. The second-order valence-electron chi connectivity index (χ2n) is 3.63. The summed E-state index contributed by atoms with van der Waals surface area (Å²) in [7, 11) is 1.51. The molecule has 0 spiro atoms. The molecule has 1 aromatic carbocycles. The summed E-state index contributed by atoms with van der Waals surface area (Å²) in [5.41, 5.74) is 0.309. The summed E-state index contributed by atoms with van der Waals surface area (Å²) in [6, 6.07) is 6.26. The normalized spacial score (nSPS) is 10.1. The Balaban J connectivity index is 2.56. The van der Waals surface area contributed by atoms with Gasteiger partial charge in [-0.25, -0.2) is 4.79 Å². The lowest BCUT2D eigenvalue weighted by Gasteiger charge is -2.03. The number of imide groups is 1. The molecule has 0 aliphatic heterocycles. The van der Waals surface area contributed by atoms with E-state index >= 15 is 0 Å². The van der Waals surface area contributed by atoms with Gasteiger partial charge in [0.25, 0.3) is 11.8 Å². The Hall–Kier alpha value is -2.63. The van der Waals surface area contributed by atoms with Crippen molar-refractivity contribution in [2.75, 3.05) is 13.7 Å². The van der Waals surface area contributed by atoms with Crippen LogP contribution in [0.15, 0.2) is 36.4 Å². The van der Waals surface area contributed by atoms with Gasteiger partial charge in [-0.3, -0.25) is 14.9 Å². The Morgan fingerprint density at radius 3 is 2.35 bits per heavy atom. The monoisotopic (exact) mass is 277 g/mol. The quantitative estimate of drug-likeness (QED) is 0.643. The summed E-state index contributed by atoms with van der Waals surface area (Å²) >= 11 is 0. The molecule has 0 saturated carbocycles. The fourth-order valence-electron chi connectivity index (χ4n) is 1.30. The zero-order valence-electron chi connectivity index (χ0n) is 11.2. The second-order valence-corrected chi connectivity index (χ2v) is 3.63. The van der Waals surface area contributed by atoms with Crippen molar-refractivity contribution in [2.24, 2.45) is 0 Å². The minimum atomic E-state index is -0.695. The number of hydrogen-bond acceptors (Lipinski definition) is 5. The Labute approximate surface area is 116 Å². The Morgan fingerprint density at radius 1 is 1.15 bits per heavy atom. The fraction of sp³-hybridized carbons (Fsp3) is 0.214. The number of hydrogen-bond donors (Lipinski definition) is 1. The highest BCUT2D eigenvalue weighted by Crippen LogP contribution is 2.10. The van der Waals surface area contributed by atoms with Gasteiger partial charge in [0, 0.05) is 17.7 Å². The van der Waals surface area contributed by atoms with Crippen LogP contribution in [0.4, 0.5) is 0 Å². The number of esters is 1. The van der Waals surface area contributed by atoms with Gasteiger partial charge in [0.05, 0.1) is 13.7 Å². The standard InChI is InChI=1S/C14H15NO5/c1-3-20-13(17)9-8-12(16)15-14(18)10-4-6-11(19-2)7-5-10/h4-9H,3H2,1-2H3,(H,15,16,18)/b9-8+. The molecule has 2 amide bonds. The summed E-state index contributed by atoms with van der Waals surface area (Å²) in [4.78, 5) is 34.1. The van der Waals surface area contributed by atoms with Gasteiger partial charge in [-0.15, -0.1) is 0 Å². The highest BCUT2D eigenvalue weighted by atomic mass is 16.5. The topological polar surface area (TPSA) is 81.7 Å².